The maximum absolute atomic E-state index is 9.48. The summed E-state index contributed by atoms with van der Waals surface area (Å²) in [5.41, 5.74) is 5.15. The molecular formula is C9H16N2O. The van der Waals surface area contributed by atoms with Gasteiger partial charge < -0.3 is 10.8 Å². The summed E-state index contributed by atoms with van der Waals surface area (Å²) in [5.74, 6) is 0.489. The van der Waals surface area contributed by atoms with E-state index in [0.717, 1.165) is 12.8 Å². The molecule has 0 bridgehead atoms. The zero-order valence-corrected chi connectivity index (χ0v) is 7.21. The average Bonchev–Trinajstić information content (AvgIpc) is 2.05. The molecule has 0 aromatic carbocycles. The zero-order valence-electron chi connectivity index (χ0n) is 7.21. The summed E-state index contributed by atoms with van der Waals surface area (Å²) >= 11 is 0. The molecule has 3 heteroatoms. The Morgan fingerprint density at radius 2 is 1.92 bits per heavy atom. The third-order valence-electron chi connectivity index (χ3n) is 2.33. The zero-order chi connectivity index (χ0) is 8.97. The molecule has 12 heavy (non-hydrogen) atoms. The molecule has 0 amide bonds. The Balaban J connectivity index is 2.49. The van der Waals surface area contributed by atoms with Crippen molar-refractivity contribution in [2.75, 3.05) is 0 Å². The quantitative estimate of drug-likeness (QED) is 0.335. The molecule has 3 nitrogen and oxygen atoms in total. The number of hydrogen-bond acceptors (Lipinski definition) is 2. The Morgan fingerprint density at radius 1 is 1.33 bits per heavy atom. The maximum Gasteiger partial charge on any atom is 0.118 e. The molecule has 0 radical (unpaired) electrons. The summed E-state index contributed by atoms with van der Waals surface area (Å²) in [5, 5.41) is 16.5. The fraction of sp³-hybridized carbons (Fsp3) is 0.667. The van der Waals surface area contributed by atoms with E-state index in [1.54, 1.807) is 0 Å². The first kappa shape index (κ1) is 9.10. The van der Waals surface area contributed by atoms with Crippen LogP contribution in [-0.4, -0.2) is 10.9 Å². The third kappa shape index (κ3) is 2.57. The summed E-state index contributed by atoms with van der Waals surface area (Å²) in [6, 6.07) is 0. The van der Waals surface area contributed by atoms with E-state index in [1.807, 2.05) is 0 Å². The van der Waals surface area contributed by atoms with E-state index in [4.69, 9.17) is 11.1 Å². The second kappa shape index (κ2) is 4.14. The van der Waals surface area contributed by atoms with E-state index in [0.29, 0.717) is 5.76 Å². The number of amidine groups is 1. The van der Waals surface area contributed by atoms with Crippen molar-refractivity contribution in [3.8, 4) is 0 Å². The Labute approximate surface area is 72.8 Å². The lowest BCUT2D eigenvalue weighted by molar-refractivity contribution is 0.276. The predicted octanol–water partition coefficient (Wildman–Crippen LogP) is 1.94. The molecule has 0 saturated heterocycles. The van der Waals surface area contributed by atoms with Gasteiger partial charge in [-0.25, -0.2) is 0 Å². The van der Waals surface area contributed by atoms with Gasteiger partial charge >= 0.3 is 0 Å². The van der Waals surface area contributed by atoms with Crippen molar-refractivity contribution >= 4 is 5.84 Å². The summed E-state index contributed by atoms with van der Waals surface area (Å²) in [6.07, 6.45) is 7.06. The minimum absolute atomic E-state index is 0.0573. The topological polar surface area (TPSA) is 70.1 Å². The molecule has 0 spiro atoms. The van der Waals surface area contributed by atoms with Crippen molar-refractivity contribution in [3.63, 3.8) is 0 Å². The highest BCUT2D eigenvalue weighted by Gasteiger charge is 2.16. The standard InChI is InChI=1S/C9H16N2O/c10-9(11)6-8(12)7-4-2-1-3-5-7/h6-7,12H,1-5H2,(H3,10,11)/b8-6-. The van der Waals surface area contributed by atoms with Crippen molar-refractivity contribution in [1.82, 2.24) is 0 Å². The minimum atomic E-state index is -0.0573. The number of nitrogens with one attached hydrogen (secondary N) is 1. The number of allylic oxidation sites excluding steroid dienone is 1. The van der Waals surface area contributed by atoms with E-state index >= 15 is 0 Å². The fourth-order valence-electron chi connectivity index (χ4n) is 1.68. The second-order valence-electron chi connectivity index (χ2n) is 3.36. The molecule has 0 aromatic rings. The normalized spacial score (nSPS) is 20.8. The van der Waals surface area contributed by atoms with Gasteiger partial charge in [0.05, 0.1) is 5.76 Å². The Hall–Kier alpha value is -0.990. The van der Waals surface area contributed by atoms with Crippen LogP contribution in [0.3, 0.4) is 0 Å². The first-order valence-electron chi connectivity index (χ1n) is 4.44. The SMILES string of the molecule is N=C(N)/C=C(\O)C1CCCCC1. The molecule has 0 atom stereocenters. The maximum atomic E-state index is 9.48. The van der Waals surface area contributed by atoms with E-state index in [2.05, 4.69) is 0 Å². The molecule has 1 aliphatic carbocycles. The van der Waals surface area contributed by atoms with Gasteiger partial charge in [0.25, 0.3) is 0 Å². The van der Waals surface area contributed by atoms with E-state index < -0.39 is 0 Å². The molecule has 1 rings (SSSR count). The Kier molecular flexibility index (Phi) is 3.14. The largest absolute Gasteiger partial charge is 0.512 e. The number of aliphatic hydroxyl groups is 1. The highest BCUT2D eigenvalue weighted by molar-refractivity contribution is 5.88. The second-order valence-corrected chi connectivity index (χ2v) is 3.36. The van der Waals surface area contributed by atoms with E-state index in [9.17, 15) is 5.11 Å². The summed E-state index contributed by atoms with van der Waals surface area (Å²) in [7, 11) is 0. The Morgan fingerprint density at radius 3 is 2.42 bits per heavy atom. The van der Waals surface area contributed by atoms with Gasteiger partial charge in [0.15, 0.2) is 0 Å². The highest BCUT2D eigenvalue weighted by Crippen LogP contribution is 2.27. The lowest BCUT2D eigenvalue weighted by atomic mass is 9.88. The number of hydrogen-bond donors (Lipinski definition) is 3. The molecule has 68 valence electrons. The van der Waals surface area contributed by atoms with Crippen LogP contribution in [0.4, 0.5) is 0 Å². The molecule has 1 saturated carbocycles. The van der Waals surface area contributed by atoms with Crippen molar-refractivity contribution in [2.24, 2.45) is 11.7 Å². The third-order valence-corrected chi connectivity index (χ3v) is 2.33. The van der Waals surface area contributed by atoms with E-state index in [-0.39, 0.29) is 11.8 Å². The molecule has 0 unspecified atom stereocenters. The van der Waals surface area contributed by atoms with Crippen LogP contribution in [0.1, 0.15) is 32.1 Å². The van der Waals surface area contributed by atoms with E-state index in [1.165, 1.54) is 25.3 Å². The first-order valence-corrected chi connectivity index (χ1v) is 4.44. The highest BCUT2D eigenvalue weighted by atomic mass is 16.3. The predicted molar refractivity (Wildman–Crippen MR) is 49.2 cm³/mol. The fourth-order valence-corrected chi connectivity index (χ4v) is 1.68. The number of rotatable bonds is 2. The minimum Gasteiger partial charge on any atom is -0.512 e. The van der Waals surface area contributed by atoms with Crippen LogP contribution in [0.5, 0.6) is 0 Å². The molecule has 0 heterocycles. The van der Waals surface area contributed by atoms with Crippen molar-refractivity contribution in [1.29, 1.82) is 5.41 Å². The van der Waals surface area contributed by atoms with Gasteiger partial charge in [-0.3, -0.25) is 5.41 Å². The van der Waals surface area contributed by atoms with Crippen LogP contribution in [0.25, 0.3) is 0 Å². The molecular weight excluding hydrogens is 152 g/mol. The van der Waals surface area contributed by atoms with Crippen LogP contribution in [0, 0.1) is 11.3 Å². The number of aliphatic hydroxyl groups excluding tert-OH is 1. The molecule has 1 fully saturated rings. The molecule has 4 N–H and O–H groups in total. The van der Waals surface area contributed by atoms with Crippen molar-refractivity contribution in [3.05, 3.63) is 11.8 Å². The van der Waals surface area contributed by atoms with Crippen LogP contribution in [0.15, 0.2) is 11.8 Å². The molecule has 0 aliphatic heterocycles. The van der Waals surface area contributed by atoms with Crippen LogP contribution in [-0.2, 0) is 0 Å². The average molecular weight is 168 g/mol. The number of nitrogens with two attached hydrogens (primary N) is 1. The lowest BCUT2D eigenvalue weighted by Gasteiger charge is -2.20. The molecule has 1 aliphatic rings. The van der Waals surface area contributed by atoms with Gasteiger partial charge in [-0.1, -0.05) is 19.3 Å². The van der Waals surface area contributed by atoms with Gasteiger partial charge in [0.1, 0.15) is 5.84 Å². The van der Waals surface area contributed by atoms with Crippen molar-refractivity contribution in [2.45, 2.75) is 32.1 Å². The smallest absolute Gasteiger partial charge is 0.118 e. The van der Waals surface area contributed by atoms with Crippen molar-refractivity contribution < 1.29 is 5.11 Å². The monoisotopic (exact) mass is 168 g/mol. The van der Waals surface area contributed by atoms with Gasteiger partial charge in [-0.2, -0.15) is 0 Å². The summed E-state index contributed by atoms with van der Waals surface area (Å²) < 4.78 is 0. The first-order chi connectivity index (χ1) is 5.70. The Bertz CT molecular complexity index is 193. The van der Waals surface area contributed by atoms with Gasteiger partial charge in [0.2, 0.25) is 0 Å². The van der Waals surface area contributed by atoms with Gasteiger partial charge in [-0.15, -0.1) is 0 Å². The van der Waals surface area contributed by atoms with Gasteiger partial charge in [-0.05, 0) is 12.8 Å². The summed E-state index contributed by atoms with van der Waals surface area (Å²) in [6.45, 7) is 0. The lowest BCUT2D eigenvalue weighted by Crippen LogP contribution is -2.13. The van der Waals surface area contributed by atoms with Crippen LogP contribution >= 0.6 is 0 Å². The summed E-state index contributed by atoms with van der Waals surface area (Å²) in [4.78, 5) is 0. The van der Waals surface area contributed by atoms with Crippen LogP contribution in [0.2, 0.25) is 0 Å². The molecule has 0 aromatic heterocycles. The van der Waals surface area contributed by atoms with Gasteiger partial charge in [0, 0.05) is 12.0 Å². The van der Waals surface area contributed by atoms with Crippen LogP contribution < -0.4 is 5.73 Å².